The molecule has 3 N–H and O–H groups in total. The Kier molecular flexibility index (Phi) is 6.98. The Labute approximate surface area is 265 Å². The molecule has 9 rings (SSSR count). The molecule has 8 aliphatic carbocycles. The second kappa shape index (κ2) is 10.3. The van der Waals surface area contributed by atoms with Crippen molar-refractivity contribution in [3.8, 4) is 0 Å². The average Bonchev–Trinajstić information content (AvgIpc) is 3.64. The maximum absolute atomic E-state index is 11.6. The minimum Gasteiger partial charge on any atom is -0.393 e. The molecule has 13 atom stereocenters. The molecular formula is C39H58N2O3. The van der Waals surface area contributed by atoms with E-state index in [9.17, 15) is 15.0 Å². The molecule has 0 unspecified atom stereocenters. The summed E-state index contributed by atoms with van der Waals surface area (Å²) >= 11 is 0. The Morgan fingerprint density at radius 3 is 2.43 bits per heavy atom. The van der Waals surface area contributed by atoms with Crippen LogP contribution in [0.5, 0.6) is 0 Å². The SMILES string of the molecule is C[C@]12CC[C@H]3[C@@H](CCC4=CC(=O)CC[C@@H]43)[C@@H]1CC[C@@H]2O.C[C@]12Cc3cn[nH]c3C[C@@H]1CC[C@@H]1[C@@H]2CC[C@@]2(C)[C@H]1CC[C@]2(C)O. The summed E-state index contributed by atoms with van der Waals surface area (Å²) in [4.78, 5) is 11.6. The van der Waals surface area contributed by atoms with E-state index in [-0.39, 0.29) is 16.9 Å². The molecule has 0 aliphatic heterocycles. The first kappa shape index (κ1) is 29.9. The highest BCUT2D eigenvalue weighted by Gasteiger charge is 2.63. The van der Waals surface area contributed by atoms with Gasteiger partial charge in [-0.3, -0.25) is 9.89 Å². The van der Waals surface area contributed by atoms with Gasteiger partial charge in [0, 0.05) is 12.1 Å². The third-order valence-electron chi connectivity index (χ3n) is 16.7. The summed E-state index contributed by atoms with van der Waals surface area (Å²) in [6, 6.07) is 0. The zero-order chi connectivity index (χ0) is 30.6. The van der Waals surface area contributed by atoms with Crippen LogP contribution in [0.1, 0.15) is 129 Å². The van der Waals surface area contributed by atoms with E-state index in [1.165, 1.54) is 87.5 Å². The molecule has 5 heteroatoms. The van der Waals surface area contributed by atoms with Crippen molar-refractivity contribution in [3.05, 3.63) is 29.1 Å². The largest absolute Gasteiger partial charge is 0.393 e. The smallest absolute Gasteiger partial charge is 0.155 e. The Hall–Kier alpha value is -1.46. The summed E-state index contributed by atoms with van der Waals surface area (Å²) in [5, 5.41) is 29.0. The minimum atomic E-state index is -0.454. The van der Waals surface area contributed by atoms with Crippen molar-refractivity contribution < 1.29 is 15.0 Å². The zero-order valence-electron chi connectivity index (χ0n) is 27.9. The fourth-order valence-electron chi connectivity index (χ4n) is 13.9. The summed E-state index contributed by atoms with van der Waals surface area (Å²) in [6.45, 7) is 9.42. The number of allylic oxidation sites excluding steroid dienone is 1. The highest BCUT2D eigenvalue weighted by molar-refractivity contribution is 5.91. The van der Waals surface area contributed by atoms with E-state index in [0.717, 1.165) is 73.5 Å². The molecule has 0 bridgehead atoms. The van der Waals surface area contributed by atoms with Crippen LogP contribution < -0.4 is 0 Å². The van der Waals surface area contributed by atoms with E-state index >= 15 is 0 Å². The minimum absolute atomic E-state index is 0.0710. The van der Waals surface area contributed by atoms with Gasteiger partial charge in [-0.25, -0.2) is 0 Å². The molecule has 6 saturated carbocycles. The van der Waals surface area contributed by atoms with Crippen molar-refractivity contribution in [1.82, 2.24) is 10.2 Å². The van der Waals surface area contributed by atoms with Crippen molar-refractivity contribution in [2.24, 2.45) is 63.6 Å². The van der Waals surface area contributed by atoms with Gasteiger partial charge in [0.15, 0.2) is 5.78 Å². The molecule has 1 aromatic rings. The summed E-state index contributed by atoms with van der Waals surface area (Å²) in [5.41, 5.74) is 4.66. The molecule has 0 amide bonds. The number of aromatic amines is 1. The molecule has 44 heavy (non-hydrogen) atoms. The number of nitrogens with zero attached hydrogens (tertiary/aromatic N) is 1. The number of carbonyl (C=O) groups is 1. The molecule has 8 aliphatic rings. The second-order valence-electron chi connectivity index (χ2n) is 18.1. The van der Waals surface area contributed by atoms with Crippen LogP contribution in [0.3, 0.4) is 0 Å². The summed E-state index contributed by atoms with van der Waals surface area (Å²) < 4.78 is 0. The van der Waals surface area contributed by atoms with Gasteiger partial charge >= 0.3 is 0 Å². The topological polar surface area (TPSA) is 86.2 Å². The maximum atomic E-state index is 11.6. The van der Waals surface area contributed by atoms with Crippen LogP contribution in [-0.4, -0.2) is 37.9 Å². The first-order valence-corrected chi connectivity index (χ1v) is 18.6. The Morgan fingerprint density at radius 1 is 0.795 bits per heavy atom. The van der Waals surface area contributed by atoms with Crippen LogP contribution in [0.2, 0.25) is 0 Å². The van der Waals surface area contributed by atoms with E-state index < -0.39 is 5.60 Å². The number of nitrogens with one attached hydrogen (secondary N) is 1. The molecule has 1 aromatic heterocycles. The van der Waals surface area contributed by atoms with Crippen molar-refractivity contribution >= 4 is 5.78 Å². The summed E-state index contributed by atoms with van der Waals surface area (Å²) in [6.07, 6.45) is 22.9. The van der Waals surface area contributed by atoms with Crippen molar-refractivity contribution in [1.29, 1.82) is 0 Å². The third-order valence-corrected chi connectivity index (χ3v) is 16.7. The van der Waals surface area contributed by atoms with Crippen LogP contribution >= 0.6 is 0 Å². The number of hydrogen-bond donors (Lipinski definition) is 3. The van der Waals surface area contributed by atoms with Crippen molar-refractivity contribution in [2.45, 2.75) is 142 Å². The number of rotatable bonds is 0. The first-order chi connectivity index (χ1) is 20.9. The predicted molar refractivity (Wildman–Crippen MR) is 173 cm³/mol. The van der Waals surface area contributed by atoms with Crippen LogP contribution in [0.4, 0.5) is 0 Å². The normalized spacial score (nSPS) is 52.1. The van der Waals surface area contributed by atoms with E-state index in [4.69, 9.17) is 0 Å². The molecular weight excluding hydrogens is 544 g/mol. The van der Waals surface area contributed by atoms with Crippen molar-refractivity contribution in [2.75, 3.05) is 0 Å². The lowest BCUT2D eigenvalue weighted by Crippen LogP contribution is -2.56. The molecule has 0 spiro atoms. The predicted octanol–water partition coefficient (Wildman–Crippen LogP) is 7.61. The maximum Gasteiger partial charge on any atom is 0.155 e. The Bertz CT molecular complexity index is 1330. The average molecular weight is 603 g/mol. The zero-order valence-corrected chi connectivity index (χ0v) is 27.9. The molecule has 0 aromatic carbocycles. The molecule has 0 saturated heterocycles. The molecule has 242 valence electrons. The van der Waals surface area contributed by atoms with Gasteiger partial charge in [0.05, 0.1) is 17.9 Å². The standard InChI is InChI=1S/C21H32N2O.C18H26O2/c1-19-11-13-12-22-23-18(13)10-14(19)4-5-15-16(19)6-8-20(2)17(15)7-9-21(20,3)24;1-18-9-8-14-13-5-3-12(19)10-11(13)2-4-15(14)16(18)6-7-17(18)20/h12,14-17,24H,4-11H2,1-3H3,(H,22,23);10,13-17,20H,2-9H2,1H3/t14-,15+,16-,17-,19-,20-,21-;13-,14+,15+,16-,17-,18-/m00/s1. The highest BCUT2D eigenvalue weighted by atomic mass is 16.3. The van der Waals surface area contributed by atoms with Crippen molar-refractivity contribution in [3.63, 3.8) is 0 Å². The van der Waals surface area contributed by atoms with Gasteiger partial charge in [0.1, 0.15) is 0 Å². The number of fused-ring (bicyclic) bond motifs is 11. The number of aliphatic hydroxyl groups is 2. The van der Waals surface area contributed by atoms with Gasteiger partial charge < -0.3 is 10.2 Å². The van der Waals surface area contributed by atoms with Gasteiger partial charge in [-0.1, -0.05) is 26.3 Å². The lowest BCUT2D eigenvalue weighted by molar-refractivity contribution is -0.139. The van der Waals surface area contributed by atoms with E-state index in [1.807, 2.05) is 6.08 Å². The second-order valence-corrected chi connectivity index (χ2v) is 18.1. The van der Waals surface area contributed by atoms with Gasteiger partial charge in [-0.05, 0) is 178 Å². The first-order valence-electron chi connectivity index (χ1n) is 18.6. The lowest BCUT2D eigenvalue weighted by Gasteiger charge is -2.60. The number of H-pyrrole nitrogens is 1. The fourth-order valence-corrected chi connectivity index (χ4v) is 13.9. The van der Waals surface area contributed by atoms with E-state index in [0.29, 0.717) is 17.1 Å². The number of hydrogen-bond acceptors (Lipinski definition) is 4. The molecule has 0 radical (unpaired) electrons. The Balaban J connectivity index is 0.000000134. The Morgan fingerprint density at radius 2 is 1.59 bits per heavy atom. The molecule has 6 fully saturated rings. The number of aliphatic hydroxyl groups excluding tert-OH is 1. The number of ketones is 1. The number of carbonyl (C=O) groups excluding carboxylic acids is 1. The van der Waals surface area contributed by atoms with Gasteiger partial charge in [-0.2, -0.15) is 5.10 Å². The van der Waals surface area contributed by atoms with E-state index in [1.54, 1.807) is 0 Å². The summed E-state index contributed by atoms with van der Waals surface area (Å²) in [7, 11) is 0. The van der Waals surface area contributed by atoms with E-state index in [2.05, 4.69) is 44.1 Å². The van der Waals surface area contributed by atoms with Gasteiger partial charge in [0.25, 0.3) is 0 Å². The fraction of sp³-hybridized carbons (Fsp3) is 0.846. The lowest BCUT2D eigenvalue weighted by atomic mass is 9.44. The highest BCUT2D eigenvalue weighted by Crippen LogP contribution is 2.68. The molecule has 1 heterocycles. The molecule has 5 nitrogen and oxygen atoms in total. The monoisotopic (exact) mass is 602 g/mol. The van der Waals surface area contributed by atoms with Crippen LogP contribution in [0.15, 0.2) is 17.8 Å². The summed E-state index contributed by atoms with van der Waals surface area (Å²) in [5.74, 6) is 6.59. The quantitative estimate of drug-likeness (QED) is 0.285. The van der Waals surface area contributed by atoms with Crippen LogP contribution in [0, 0.1) is 63.6 Å². The van der Waals surface area contributed by atoms with Crippen LogP contribution in [-0.2, 0) is 17.6 Å². The number of aromatic nitrogens is 2. The third kappa shape index (κ3) is 4.22. The van der Waals surface area contributed by atoms with Gasteiger partial charge in [-0.15, -0.1) is 0 Å². The van der Waals surface area contributed by atoms with Gasteiger partial charge in [0.2, 0.25) is 0 Å². The van der Waals surface area contributed by atoms with Crippen LogP contribution in [0.25, 0.3) is 0 Å².